The monoisotopic (exact) mass is 242 g/mol. The third-order valence-electron chi connectivity index (χ3n) is 1.80. The van der Waals surface area contributed by atoms with Crippen molar-refractivity contribution in [2.24, 2.45) is 0 Å². The van der Waals surface area contributed by atoms with E-state index in [-0.39, 0.29) is 6.54 Å². The molecule has 86 valence electrons. The molecule has 0 saturated carbocycles. The van der Waals surface area contributed by atoms with Crippen LogP contribution in [-0.4, -0.2) is 35.6 Å². The number of rotatable bonds is 3. The first kappa shape index (κ1) is 12.3. The van der Waals surface area contributed by atoms with Gasteiger partial charge in [-0.2, -0.15) is 0 Å². The summed E-state index contributed by atoms with van der Waals surface area (Å²) in [7, 11) is 1.40. The van der Waals surface area contributed by atoms with Gasteiger partial charge in [-0.3, -0.25) is 4.79 Å². The Bertz CT molecular complexity index is 409. The lowest BCUT2D eigenvalue weighted by Crippen LogP contribution is -2.35. The molecule has 0 aliphatic rings. The third-order valence-corrected chi connectivity index (χ3v) is 2.03. The first-order valence-corrected chi connectivity index (χ1v) is 4.86. The fourth-order valence-electron chi connectivity index (χ4n) is 1.06. The average molecular weight is 243 g/mol. The van der Waals surface area contributed by atoms with Gasteiger partial charge in [0, 0.05) is 17.8 Å². The van der Waals surface area contributed by atoms with E-state index >= 15 is 0 Å². The SMILES string of the molecule is CN(CC(=O)O)C(=O)Nc1cccc(Cl)c1. The number of urea groups is 1. The van der Waals surface area contributed by atoms with Crippen molar-refractivity contribution in [3.8, 4) is 0 Å². The molecule has 2 N–H and O–H groups in total. The molecule has 0 spiro atoms. The first-order chi connectivity index (χ1) is 7.49. The molecule has 1 aromatic carbocycles. The van der Waals surface area contributed by atoms with Crippen LogP contribution in [0.5, 0.6) is 0 Å². The fraction of sp³-hybridized carbons (Fsp3) is 0.200. The number of likely N-dealkylation sites (N-methyl/N-ethyl adjacent to an activating group) is 1. The third kappa shape index (κ3) is 3.78. The largest absolute Gasteiger partial charge is 0.480 e. The number of carbonyl (C=O) groups is 2. The van der Waals surface area contributed by atoms with E-state index in [0.717, 1.165) is 4.90 Å². The summed E-state index contributed by atoms with van der Waals surface area (Å²) < 4.78 is 0. The summed E-state index contributed by atoms with van der Waals surface area (Å²) in [6, 6.07) is 6.12. The zero-order chi connectivity index (χ0) is 12.1. The Morgan fingerprint density at radius 2 is 2.19 bits per heavy atom. The van der Waals surface area contributed by atoms with Crippen LogP contribution in [0.1, 0.15) is 0 Å². The second-order valence-electron chi connectivity index (χ2n) is 3.19. The van der Waals surface area contributed by atoms with E-state index in [1.807, 2.05) is 0 Å². The summed E-state index contributed by atoms with van der Waals surface area (Å²) >= 11 is 5.73. The molecule has 0 aliphatic carbocycles. The Hall–Kier alpha value is -1.75. The molecule has 1 rings (SSSR count). The molecule has 0 bridgehead atoms. The molecular weight excluding hydrogens is 232 g/mol. The molecule has 6 heteroatoms. The number of hydrogen-bond donors (Lipinski definition) is 2. The lowest BCUT2D eigenvalue weighted by molar-refractivity contribution is -0.137. The molecule has 5 nitrogen and oxygen atoms in total. The van der Waals surface area contributed by atoms with Gasteiger partial charge in [0.1, 0.15) is 6.54 Å². The molecule has 1 aromatic rings. The van der Waals surface area contributed by atoms with Crippen molar-refractivity contribution in [2.45, 2.75) is 0 Å². The Labute approximate surface area is 97.6 Å². The number of halogens is 1. The Morgan fingerprint density at radius 3 is 2.75 bits per heavy atom. The number of carbonyl (C=O) groups excluding carboxylic acids is 1. The van der Waals surface area contributed by atoms with Crippen LogP contribution in [0.25, 0.3) is 0 Å². The van der Waals surface area contributed by atoms with Crippen molar-refractivity contribution < 1.29 is 14.7 Å². The second-order valence-corrected chi connectivity index (χ2v) is 3.63. The number of anilines is 1. The van der Waals surface area contributed by atoms with Gasteiger partial charge in [0.25, 0.3) is 0 Å². The number of nitrogens with one attached hydrogen (secondary N) is 1. The predicted octanol–water partition coefficient (Wildman–Crippen LogP) is 1.89. The zero-order valence-electron chi connectivity index (χ0n) is 8.61. The minimum absolute atomic E-state index is 0.355. The lowest BCUT2D eigenvalue weighted by Gasteiger charge is -2.15. The molecule has 0 heterocycles. The molecule has 0 aromatic heterocycles. The number of carboxylic acids is 1. The summed E-state index contributed by atoms with van der Waals surface area (Å²) in [6.45, 7) is -0.355. The highest BCUT2D eigenvalue weighted by atomic mass is 35.5. The number of benzene rings is 1. The Balaban J connectivity index is 2.60. The van der Waals surface area contributed by atoms with Crippen molar-refractivity contribution in [2.75, 3.05) is 18.9 Å². The van der Waals surface area contributed by atoms with Gasteiger partial charge in [-0.05, 0) is 18.2 Å². The summed E-state index contributed by atoms with van der Waals surface area (Å²) in [5.74, 6) is -1.07. The van der Waals surface area contributed by atoms with Crippen LogP contribution >= 0.6 is 11.6 Å². The highest BCUT2D eigenvalue weighted by Crippen LogP contribution is 2.15. The normalized spacial score (nSPS) is 9.62. The van der Waals surface area contributed by atoms with Crippen molar-refractivity contribution in [3.63, 3.8) is 0 Å². The Kier molecular flexibility index (Phi) is 4.13. The van der Waals surface area contributed by atoms with Crippen LogP contribution in [-0.2, 0) is 4.79 Å². The highest BCUT2D eigenvalue weighted by Gasteiger charge is 2.11. The molecule has 2 amide bonds. The molecule has 16 heavy (non-hydrogen) atoms. The lowest BCUT2D eigenvalue weighted by atomic mass is 10.3. The van der Waals surface area contributed by atoms with Gasteiger partial charge in [0.2, 0.25) is 0 Å². The van der Waals surface area contributed by atoms with E-state index in [9.17, 15) is 9.59 Å². The van der Waals surface area contributed by atoms with Gasteiger partial charge in [0.15, 0.2) is 0 Å². The van der Waals surface area contributed by atoms with Crippen LogP contribution in [0.4, 0.5) is 10.5 Å². The van der Waals surface area contributed by atoms with Crippen molar-refractivity contribution in [3.05, 3.63) is 29.3 Å². The van der Waals surface area contributed by atoms with Crippen LogP contribution < -0.4 is 5.32 Å². The van der Waals surface area contributed by atoms with Crippen LogP contribution in [0.2, 0.25) is 5.02 Å². The van der Waals surface area contributed by atoms with E-state index in [0.29, 0.717) is 10.7 Å². The summed E-state index contributed by atoms with van der Waals surface area (Å²) in [5, 5.41) is 11.5. The van der Waals surface area contributed by atoms with Gasteiger partial charge in [-0.15, -0.1) is 0 Å². The molecule has 0 saturated heterocycles. The van der Waals surface area contributed by atoms with Gasteiger partial charge in [-0.1, -0.05) is 17.7 Å². The first-order valence-electron chi connectivity index (χ1n) is 4.48. The Morgan fingerprint density at radius 1 is 1.50 bits per heavy atom. The second kappa shape index (κ2) is 5.37. The molecule has 0 unspecified atom stereocenters. The van der Waals surface area contributed by atoms with Crippen LogP contribution in [0.15, 0.2) is 24.3 Å². The van der Waals surface area contributed by atoms with E-state index in [2.05, 4.69) is 5.32 Å². The molecule has 0 radical (unpaired) electrons. The van der Waals surface area contributed by atoms with Gasteiger partial charge in [-0.25, -0.2) is 4.79 Å². The maximum absolute atomic E-state index is 11.5. The smallest absolute Gasteiger partial charge is 0.323 e. The number of hydrogen-bond acceptors (Lipinski definition) is 2. The zero-order valence-corrected chi connectivity index (χ0v) is 9.36. The maximum Gasteiger partial charge on any atom is 0.323 e. The van der Waals surface area contributed by atoms with Gasteiger partial charge >= 0.3 is 12.0 Å². The highest BCUT2D eigenvalue weighted by molar-refractivity contribution is 6.30. The molecule has 0 fully saturated rings. The minimum Gasteiger partial charge on any atom is -0.480 e. The van der Waals surface area contributed by atoms with Crippen molar-refractivity contribution in [1.82, 2.24) is 4.90 Å². The van der Waals surface area contributed by atoms with Crippen molar-refractivity contribution >= 4 is 29.3 Å². The topological polar surface area (TPSA) is 69.6 Å². The fourth-order valence-corrected chi connectivity index (χ4v) is 1.25. The maximum atomic E-state index is 11.5. The van der Waals surface area contributed by atoms with E-state index in [1.165, 1.54) is 7.05 Å². The minimum atomic E-state index is -1.07. The number of nitrogens with zero attached hydrogens (tertiary/aromatic N) is 1. The van der Waals surface area contributed by atoms with E-state index in [1.54, 1.807) is 24.3 Å². The predicted molar refractivity (Wildman–Crippen MR) is 60.7 cm³/mol. The number of aliphatic carboxylic acids is 1. The molecular formula is C10H11ClN2O3. The summed E-state index contributed by atoms with van der Waals surface area (Å²) in [6.07, 6.45) is 0. The molecule has 0 atom stereocenters. The molecule has 0 aliphatic heterocycles. The number of amides is 2. The van der Waals surface area contributed by atoms with Crippen LogP contribution in [0, 0.1) is 0 Å². The quantitative estimate of drug-likeness (QED) is 0.850. The van der Waals surface area contributed by atoms with Crippen LogP contribution in [0.3, 0.4) is 0 Å². The number of carboxylic acid groups (broad SMARTS) is 1. The summed E-state index contributed by atoms with van der Waals surface area (Å²) in [5.41, 5.74) is 0.523. The van der Waals surface area contributed by atoms with E-state index in [4.69, 9.17) is 16.7 Å². The standard InChI is InChI=1S/C10H11ClN2O3/c1-13(6-9(14)15)10(16)12-8-4-2-3-7(11)5-8/h2-5H,6H2,1H3,(H,12,16)(H,14,15). The summed E-state index contributed by atoms with van der Waals surface area (Å²) in [4.78, 5) is 22.9. The van der Waals surface area contributed by atoms with Crippen molar-refractivity contribution in [1.29, 1.82) is 0 Å². The van der Waals surface area contributed by atoms with E-state index < -0.39 is 12.0 Å². The average Bonchev–Trinajstić information content (AvgIpc) is 2.16. The van der Waals surface area contributed by atoms with Gasteiger partial charge < -0.3 is 15.3 Å². The van der Waals surface area contributed by atoms with Gasteiger partial charge in [0.05, 0.1) is 0 Å².